The molecule has 0 unspecified atom stereocenters. The summed E-state index contributed by atoms with van der Waals surface area (Å²) in [6.07, 6.45) is 6.50. The third-order valence-electron chi connectivity index (χ3n) is 17.7. The van der Waals surface area contributed by atoms with Gasteiger partial charge in [-0.3, -0.25) is 62.4 Å². The van der Waals surface area contributed by atoms with Gasteiger partial charge in [-0.1, -0.05) is 47.1 Å². The van der Waals surface area contributed by atoms with E-state index in [2.05, 4.69) is 30.8 Å². The molecule has 0 saturated carbocycles. The highest BCUT2D eigenvalue weighted by Crippen LogP contribution is 2.47. The van der Waals surface area contributed by atoms with E-state index in [1.807, 2.05) is 138 Å². The molecule has 7 rings (SSSR count). The first-order chi connectivity index (χ1) is 51.2. The first-order valence-electron chi connectivity index (χ1n) is 36.8. The molecule has 0 aliphatic carbocycles. The molecule has 5 aromatic rings. The van der Waals surface area contributed by atoms with Gasteiger partial charge in [0.1, 0.15) is 71.6 Å². The molecule has 34 heteroatoms. The van der Waals surface area contributed by atoms with Gasteiger partial charge >= 0.3 is 25.5 Å². The smallest absolute Gasteiger partial charge is 0.332 e. The van der Waals surface area contributed by atoms with Gasteiger partial charge in [0.15, 0.2) is 9.84 Å². The number of sulfone groups is 1. The maximum atomic E-state index is 14.2. The summed E-state index contributed by atoms with van der Waals surface area (Å²) >= 11 is 6.92. The van der Waals surface area contributed by atoms with Gasteiger partial charge in [0, 0.05) is 134 Å². The fourth-order valence-electron chi connectivity index (χ4n) is 12.4. The Morgan fingerprint density at radius 1 is 0.670 bits per heavy atom. The van der Waals surface area contributed by atoms with Gasteiger partial charge in [-0.25, -0.2) is 8.42 Å². The number of hydrogen-bond acceptors (Lipinski definition) is 26. The van der Waals surface area contributed by atoms with Crippen LogP contribution in [0.5, 0.6) is 17.2 Å². The number of aryl methyl sites for hydroxylation is 1. The summed E-state index contributed by atoms with van der Waals surface area (Å²) in [5.74, 6) is -2.09. The second kappa shape index (κ2) is 40.3. The third-order valence-corrected chi connectivity index (χ3v) is 21.9. The highest BCUT2D eigenvalue weighted by molar-refractivity contribution is 7.90. The van der Waals surface area contributed by atoms with Crippen molar-refractivity contribution in [1.29, 1.82) is 0 Å². The lowest BCUT2D eigenvalue weighted by atomic mass is 9.93. The lowest BCUT2D eigenvalue weighted by molar-refractivity contribution is -0.163. The molecule has 3 aromatic carbocycles. The number of carbonyl (C=O) groups excluding carboxylic acids is 5. The van der Waals surface area contributed by atoms with Gasteiger partial charge in [0.25, 0.3) is 10.1 Å². The molecular formula is C75H111ClN11O19PS2. The van der Waals surface area contributed by atoms with Crippen molar-refractivity contribution in [2.75, 3.05) is 123 Å². The number of aromatic nitrogens is 4. The zero-order chi connectivity index (χ0) is 80.1. The van der Waals surface area contributed by atoms with Crippen molar-refractivity contribution in [2.24, 2.45) is 0 Å². The summed E-state index contributed by atoms with van der Waals surface area (Å²) in [6.45, 7) is 29.8. The van der Waals surface area contributed by atoms with E-state index in [4.69, 9.17) is 49.1 Å². The molecule has 0 radical (unpaired) electrons. The fraction of sp³-hybridized carbons (Fsp3) is 0.600. The minimum atomic E-state index is -4.73. The Hall–Kier alpha value is -7.20. The highest BCUT2D eigenvalue weighted by atomic mass is 35.5. The van der Waals surface area contributed by atoms with Crippen LogP contribution in [0.25, 0.3) is 11.1 Å². The van der Waals surface area contributed by atoms with Crippen LogP contribution in [0.15, 0.2) is 78.1 Å². The Balaban J connectivity index is 0.935. The van der Waals surface area contributed by atoms with E-state index >= 15 is 0 Å². The van der Waals surface area contributed by atoms with Gasteiger partial charge in [-0.15, -0.1) is 5.10 Å². The topological polar surface area (TPSA) is 349 Å². The van der Waals surface area contributed by atoms with Crippen molar-refractivity contribution in [2.45, 2.75) is 176 Å². The zero-order valence-electron chi connectivity index (χ0n) is 65.4. The summed E-state index contributed by atoms with van der Waals surface area (Å²) in [7, 11) is -11.9. The molecule has 0 spiro atoms. The maximum Gasteiger partial charge on any atom is 0.332 e. The molecule has 2 amide bonds. The van der Waals surface area contributed by atoms with Crippen molar-refractivity contribution < 1.29 is 87.4 Å². The number of esters is 3. The molecule has 0 bridgehead atoms. The molecule has 2 aliphatic rings. The summed E-state index contributed by atoms with van der Waals surface area (Å²) in [5.41, 5.74) is 3.68. The number of amides is 2. The van der Waals surface area contributed by atoms with Gasteiger partial charge in [-0.05, 0) is 149 Å². The lowest BCUT2D eigenvalue weighted by Crippen LogP contribution is -2.51. The van der Waals surface area contributed by atoms with E-state index in [1.165, 1.54) is 30.6 Å². The number of halogens is 1. The van der Waals surface area contributed by atoms with Gasteiger partial charge < -0.3 is 53.0 Å². The minimum Gasteiger partial charge on any atom is -0.488 e. The van der Waals surface area contributed by atoms with Gasteiger partial charge in [0.2, 0.25) is 11.8 Å². The monoisotopic (exact) mass is 1600 g/mol. The number of rotatable bonds is 37. The number of hydrogen-bond donors (Lipinski definition) is 3. The van der Waals surface area contributed by atoms with Crippen LogP contribution in [0.4, 0.5) is 0 Å². The normalized spacial score (nSPS) is 15.6. The van der Waals surface area contributed by atoms with E-state index in [-0.39, 0.29) is 117 Å². The van der Waals surface area contributed by atoms with E-state index in [0.717, 1.165) is 47.0 Å². The van der Waals surface area contributed by atoms with Crippen molar-refractivity contribution in [3.05, 3.63) is 112 Å². The molecule has 3 N–H and O–H groups in total. The van der Waals surface area contributed by atoms with Gasteiger partial charge in [0.05, 0.1) is 54.3 Å². The molecular weight excluding hydrogens is 1490 g/mol. The first kappa shape index (κ1) is 89.0. The number of pyridine rings is 1. The second-order valence-corrected chi connectivity index (χ2v) is 36.2. The highest BCUT2D eigenvalue weighted by Gasteiger charge is 2.35. The van der Waals surface area contributed by atoms with E-state index in [9.17, 15) is 49.9 Å². The van der Waals surface area contributed by atoms with Crippen molar-refractivity contribution in [3.63, 3.8) is 0 Å². The van der Waals surface area contributed by atoms with E-state index < -0.39 is 74.1 Å². The van der Waals surface area contributed by atoms with Crippen LogP contribution < -0.4 is 24.8 Å². The van der Waals surface area contributed by atoms with E-state index in [0.29, 0.717) is 94.6 Å². The van der Waals surface area contributed by atoms with Crippen molar-refractivity contribution >= 4 is 68.9 Å². The molecule has 2 aromatic heterocycles. The molecule has 4 heterocycles. The second-order valence-electron chi connectivity index (χ2n) is 30.1. The lowest BCUT2D eigenvalue weighted by Gasteiger charge is -2.36. The SMILES string of the molecule is CCOP(=O)(CCNC(=O)[C@H](CS(=O)(=O)O)NCc1cc(Cl)c(OCc2cccc(-c3cccc(OCc4cn(CCCN5CCN(C(=O)CC[C@H](C(=O)OC(C)(C)C)N6CCN(CC(=O)OC(C)(C)C)CCN(CC(=O)OC(C)(C)C)CC6)CC5)nn4)c3C)c2C)cc1OCc1cncc(S(C)(=O)=O)c1)OCC. The number of ether oxygens (including phenoxy) is 6. The van der Waals surface area contributed by atoms with Crippen LogP contribution >= 0.6 is 19.2 Å². The standard InChI is InChI=1S/C75H111ClN11O19PS2/c1-15-102-107(93,103-16-2)39-26-78-71(91)63(52-109(96,97)98)79-44-57-41-62(76)67(42-66(57)99-49-55-40-59(45-77-43-55)108(14,94)95)100-50-56-20-17-21-60(53(56)3)61-22-18-23-65(54(61)4)101-51-58-46-87(81-80-58)28-19-27-82-31-37-86(38-32-82)68(88)25-24-64(72(92)106-75(11,12)13)85-35-33-83(47-69(89)104-73(5,6)7)29-30-84(34-36-85)48-70(90)105-74(8,9)10/h17-18,20-23,40-43,45-46,63-64,79H,15-16,19,24-39,44,47-52H2,1-14H3,(H,78,91)(H,96,97,98)/t63-,64+/m0/s1. The summed E-state index contributed by atoms with van der Waals surface area (Å²) in [5, 5.41) is 14.3. The Kier molecular flexibility index (Phi) is 32.9. The predicted octanol–water partition coefficient (Wildman–Crippen LogP) is 8.11. The van der Waals surface area contributed by atoms with Crippen LogP contribution in [-0.2, 0) is 105 Å². The fourth-order valence-corrected chi connectivity index (χ4v) is 15.4. The van der Waals surface area contributed by atoms with Crippen molar-refractivity contribution in [1.82, 2.24) is 55.1 Å². The summed E-state index contributed by atoms with van der Waals surface area (Å²) in [6, 6.07) is 13.8. The average Bonchev–Trinajstić information content (AvgIpc) is 0.882. The number of carbonyl (C=O) groups is 5. The van der Waals surface area contributed by atoms with Gasteiger partial charge in [-0.2, -0.15) is 8.42 Å². The van der Waals surface area contributed by atoms with Crippen LogP contribution in [0.3, 0.4) is 0 Å². The molecule has 2 saturated heterocycles. The maximum absolute atomic E-state index is 14.2. The third kappa shape index (κ3) is 30.1. The molecule has 2 fully saturated rings. The van der Waals surface area contributed by atoms with Crippen molar-refractivity contribution in [3.8, 4) is 28.4 Å². The summed E-state index contributed by atoms with van der Waals surface area (Å²) in [4.78, 5) is 82.1. The predicted molar refractivity (Wildman–Crippen MR) is 412 cm³/mol. The molecule has 109 heavy (non-hydrogen) atoms. The Morgan fingerprint density at radius 2 is 1.25 bits per heavy atom. The average molecular weight is 1600 g/mol. The Morgan fingerprint density at radius 3 is 1.84 bits per heavy atom. The quantitative estimate of drug-likeness (QED) is 0.0146. The molecule has 2 aliphatic heterocycles. The van der Waals surface area contributed by atoms with E-state index in [1.54, 1.807) is 18.5 Å². The summed E-state index contributed by atoms with van der Waals surface area (Å²) < 4.78 is 121. The minimum absolute atomic E-state index is 0.0266. The number of benzene rings is 3. The number of nitrogens with zero attached hydrogens (tertiary/aromatic N) is 9. The molecule has 30 nitrogen and oxygen atoms in total. The Labute approximate surface area is 647 Å². The van der Waals surface area contributed by atoms with Crippen LogP contribution in [-0.4, -0.2) is 247 Å². The zero-order valence-corrected chi connectivity index (χ0v) is 68.7. The number of nitrogens with one attached hydrogen (secondary N) is 2. The van der Waals surface area contributed by atoms with Crippen LogP contribution in [0.2, 0.25) is 5.02 Å². The Bertz CT molecular complexity index is 4130. The first-order valence-corrected chi connectivity index (χ1v) is 42.4. The largest absolute Gasteiger partial charge is 0.488 e. The van der Waals surface area contributed by atoms with Crippen LogP contribution in [0.1, 0.15) is 129 Å². The molecule has 604 valence electrons. The van der Waals surface area contributed by atoms with Crippen LogP contribution in [0, 0.1) is 13.8 Å². The number of piperazine rings is 1. The molecule has 2 atom stereocenters.